The van der Waals surface area contributed by atoms with E-state index in [1.54, 1.807) is 39.0 Å². The first-order valence-corrected chi connectivity index (χ1v) is 12.5. The van der Waals surface area contributed by atoms with E-state index in [2.05, 4.69) is 10.6 Å². The zero-order valence-corrected chi connectivity index (χ0v) is 21.8. The first-order chi connectivity index (χ1) is 18.0. The topological polar surface area (TPSA) is 140 Å². The van der Waals surface area contributed by atoms with E-state index in [1.807, 2.05) is 29.2 Å². The molecule has 204 valence electrons. The van der Waals surface area contributed by atoms with E-state index in [9.17, 15) is 24.5 Å². The van der Waals surface area contributed by atoms with Crippen LogP contribution in [-0.2, 0) is 25.7 Å². The largest absolute Gasteiger partial charge is 0.458 e. The van der Waals surface area contributed by atoms with E-state index in [4.69, 9.17) is 9.47 Å². The quantitative estimate of drug-likeness (QED) is 0.286. The number of nitrogens with zero attached hydrogens (tertiary/aromatic N) is 2. The van der Waals surface area contributed by atoms with Crippen molar-refractivity contribution in [3.8, 4) is 0 Å². The van der Waals surface area contributed by atoms with Gasteiger partial charge in [0.05, 0.1) is 11.3 Å². The molecule has 1 atom stereocenters. The summed E-state index contributed by atoms with van der Waals surface area (Å²) in [5, 5.41) is 16.4. The van der Waals surface area contributed by atoms with Crippen molar-refractivity contribution in [3.05, 3.63) is 70.3 Å². The number of benzene rings is 2. The average Bonchev–Trinajstić information content (AvgIpc) is 2.87. The number of hydrogen-bond donors (Lipinski definition) is 2. The van der Waals surface area contributed by atoms with Gasteiger partial charge in [-0.3, -0.25) is 14.9 Å². The molecule has 1 aliphatic heterocycles. The van der Waals surface area contributed by atoms with E-state index in [0.29, 0.717) is 25.9 Å². The monoisotopic (exact) mass is 526 g/mol. The van der Waals surface area contributed by atoms with E-state index in [0.717, 1.165) is 11.3 Å². The normalized spacial score (nSPS) is 14.8. The second kappa shape index (κ2) is 12.9. The van der Waals surface area contributed by atoms with E-state index >= 15 is 0 Å². The van der Waals surface area contributed by atoms with E-state index < -0.39 is 34.5 Å². The van der Waals surface area contributed by atoms with E-state index in [-0.39, 0.29) is 24.8 Å². The molecule has 2 amide bonds. The molecule has 0 bridgehead atoms. The number of ether oxygens (including phenoxy) is 2. The van der Waals surface area contributed by atoms with Crippen LogP contribution in [0.3, 0.4) is 0 Å². The number of rotatable bonds is 9. The van der Waals surface area contributed by atoms with Crippen LogP contribution in [0.5, 0.6) is 0 Å². The number of esters is 1. The summed E-state index contributed by atoms with van der Waals surface area (Å²) >= 11 is 0. The van der Waals surface area contributed by atoms with Crippen molar-refractivity contribution < 1.29 is 28.8 Å². The van der Waals surface area contributed by atoms with Gasteiger partial charge in [-0.2, -0.15) is 0 Å². The van der Waals surface area contributed by atoms with Gasteiger partial charge in [-0.05, 0) is 45.2 Å². The van der Waals surface area contributed by atoms with Crippen LogP contribution in [0.25, 0.3) is 0 Å². The summed E-state index contributed by atoms with van der Waals surface area (Å²) in [5.41, 5.74) is 0.763. The predicted molar refractivity (Wildman–Crippen MR) is 140 cm³/mol. The number of nitrogens with one attached hydrogen (secondary N) is 2. The Kier molecular flexibility index (Phi) is 9.64. The lowest BCUT2D eigenvalue weighted by Gasteiger charge is -2.34. The van der Waals surface area contributed by atoms with Gasteiger partial charge in [0.15, 0.2) is 0 Å². The predicted octanol–water partition coefficient (Wildman–Crippen LogP) is 3.71. The molecule has 2 N–H and O–H groups in total. The lowest BCUT2D eigenvalue weighted by Crippen LogP contribution is -2.49. The molecule has 3 rings (SSSR count). The summed E-state index contributed by atoms with van der Waals surface area (Å²) in [4.78, 5) is 50.6. The Morgan fingerprint density at radius 1 is 1.08 bits per heavy atom. The maximum atomic E-state index is 12.8. The van der Waals surface area contributed by atoms with Crippen LogP contribution in [0.4, 0.5) is 16.2 Å². The highest BCUT2D eigenvalue weighted by molar-refractivity contribution is 5.88. The van der Waals surface area contributed by atoms with Crippen LogP contribution in [-0.4, -0.2) is 53.7 Å². The third-order valence-corrected chi connectivity index (χ3v) is 5.85. The highest BCUT2D eigenvalue weighted by Crippen LogP contribution is 2.24. The van der Waals surface area contributed by atoms with Gasteiger partial charge in [0.25, 0.3) is 5.69 Å². The summed E-state index contributed by atoms with van der Waals surface area (Å²) in [7, 11) is 0. The minimum atomic E-state index is -1.22. The highest BCUT2D eigenvalue weighted by atomic mass is 16.6. The number of carbonyl (C=O) groups excluding carboxylic acids is 3. The molecule has 2 aromatic rings. The van der Waals surface area contributed by atoms with Crippen molar-refractivity contribution in [1.82, 2.24) is 10.6 Å². The number of anilines is 1. The van der Waals surface area contributed by atoms with Gasteiger partial charge < -0.3 is 25.0 Å². The van der Waals surface area contributed by atoms with Gasteiger partial charge in [0.2, 0.25) is 5.91 Å². The second-order valence-corrected chi connectivity index (χ2v) is 10.1. The Morgan fingerprint density at radius 3 is 2.39 bits per heavy atom. The lowest BCUT2D eigenvalue weighted by molar-refractivity contribution is -0.384. The van der Waals surface area contributed by atoms with Gasteiger partial charge in [0.1, 0.15) is 18.2 Å². The van der Waals surface area contributed by atoms with Gasteiger partial charge in [-0.25, -0.2) is 9.59 Å². The molecule has 11 heteroatoms. The minimum Gasteiger partial charge on any atom is -0.458 e. The van der Waals surface area contributed by atoms with Crippen molar-refractivity contribution in [1.29, 1.82) is 0 Å². The number of amides is 2. The van der Waals surface area contributed by atoms with Gasteiger partial charge in [0, 0.05) is 37.0 Å². The SMILES string of the molecule is CC(C)(C)OC(=O)[C@H](CC(=O)NC1CCN(c2cccc([N+](=O)[O-])c2)CC1)NC(=O)OCc1ccccc1. The average molecular weight is 527 g/mol. The molecule has 0 aromatic heterocycles. The first-order valence-electron chi connectivity index (χ1n) is 12.5. The summed E-state index contributed by atoms with van der Waals surface area (Å²) in [6.07, 6.45) is 0.110. The highest BCUT2D eigenvalue weighted by Gasteiger charge is 2.30. The fraction of sp³-hybridized carbons (Fsp3) is 0.444. The maximum absolute atomic E-state index is 12.8. The Hall–Kier alpha value is -4.15. The summed E-state index contributed by atoms with van der Waals surface area (Å²) in [6.45, 7) is 6.32. The molecule has 1 fully saturated rings. The molecule has 1 saturated heterocycles. The molecule has 0 unspecified atom stereocenters. The third-order valence-electron chi connectivity index (χ3n) is 5.85. The van der Waals surface area contributed by atoms with Crippen LogP contribution in [0.1, 0.15) is 45.6 Å². The van der Waals surface area contributed by atoms with Crippen molar-refractivity contribution in [3.63, 3.8) is 0 Å². The zero-order chi connectivity index (χ0) is 27.7. The number of alkyl carbamates (subject to hydrolysis) is 1. The molecule has 1 heterocycles. The number of carbonyl (C=O) groups is 3. The number of nitro benzene ring substituents is 1. The minimum absolute atomic E-state index is 0.0169. The molecule has 0 radical (unpaired) electrons. The van der Waals surface area contributed by atoms with Crippen LogP contribution >= 0.6 is 0 Å². The van der Waals surface area contributed by atoms with Gasteiger partial charge in [-0.15, -0.1) is 0 Å². The standard InChI is InChI=1S/C27H34N4O7/c1-27(2,3)38-25(33)23(29-26(34)37-18-19-8-5-4-6-9-19)17-24(32)28-20-12-14-30(15-13-20)21-10-7-11-22(16-21)31(35)36/h4-11,16,20,23H,12-15,17-18H2,1-3H3,(H,28,32)(H,29,34)/t23-/m0/s1. The molecule has 0 spiro atoms. The van der Waals surface area contributed by atoms with Gasteiger partial charge >= 0.3 is 12.1 Å². The molecule has 0 saturated carbocycles. The summed E-state index contributed by atoms with van der Waals surface area (Å²) < 4.78 is 10.6. The second-order valence-electron chi connectivity index (χ2n) is 10.1. The molecule has 0 aliphatic carbocycles. The Balaban J connectivity index is 1.54. The Morgan fingerprint density at radius 2 is 1.76 bits per heavy atom. The van der Waals surface area contributed by atoms with Crippen molar-refractivity contribution >= 4 is 29.3 Å². The van der Waals surface area contributed by atoms with Gasteiger partial charge in [-0.1, -0.05) is 36.4 Å². The van der Waals surface area contributed by atoms with Crippen molar-refractivity contribution in [2.75, 3.05) is 18.0 Å². The van der Waals surface area contributed by atoms with Crippen molar-refractivity contribution in [2.24, 2.45) is 0 Å². The molecular weight excluding hydrogens is 492 g/mol. The first kappa shape index (κ1) is 28.4. The number of hydrogen-bond acceptors (Lipinski definition) is 8. The number of nitro groups is 1. The molecule has 2 aromatic carbocycles. The van der Waals surface area contributed by atoms with E-state index in [1.165, 1.54) is 12.1 Å². The molecular formula is C27H34N4O7. The Labute approximate surface area is 221 Å². The van der Waals surface area contributed by atoms with Crippen LogP contribution in [0, 0.1) is 10.1 Å². The summed E-state index contributed by atoms with van der Waals surface area (Å²) in [5.74, 6) is -1.14. The van der Waals surface area contributed by atoms with Crippen LogP contribution in [0.15, 0.2) is 54.6 Å². The Bertz CT molecular complexity index is 1130. The lowest BCUT2D eigenvalue weighted by atomic mass is 10.0. The fourth-order valence-corrected chi connectivity index (χ4v) is 4.03. The number of piperidine rings is 1. The molecule has 1 aliphatic rings. The zero-order valence-electron chi connectivity index (χ0n) is 21.8. The molecule has 11 nitrogen and oxygen atoms in total. The number of non-ortho nitro benzene ring substituents is 1. The third kappa shape index (κ3) is 9.06. The maximum Gasteiger partial charge on any atom is 0.408 e. The fourth-order valence-electron chi connectivity index (χ4n) is 4.03. The van der Waals surface area contributed by atoms with Crippen LogP contribution < -0.4 is 15.5 Å². The smallest absolute Gasteiger partial charge is 0.408 e. The summed E-state index contributed by atoms with van der Waals surface area (Å²) in [6, 6.07) is 14.2. The van der Waals surface area contributed by atoms with Crippen molar-refractivity contribution in [2.45, 2.75) is 64.3 Å². The molecule has 38 heavy (non-hydrogen) atoms. The van der Waals surface area contributed by atoms with Crippen LogP contribution in [0.2, 0.25) is 0 Å².